The van der Waals surface area contributed by atoms with E-state index in [0.717, 1.165) is 10.7 Å². The van der Waals surface area contributed by atoms with Crippen LogP contribution in [0.4, 0.5) is 4.39 Å². The number of benzene rings is 1. The summed E-state index contributed by atoms with van der Waals surface area (Å²) >= 11 is 1.33. The number of carbonyl (C=O) groups excluding carboxylic acids is 1. The van der Waals surface area contributed by atoms with Crippen molar-refractivity contribution in [3.8, 4) is 22.3 Å². The van der Waals surface area contributed by atoms with Crippen LogP contribution in [-0.4, -0.2) is 38.8 Å². The first kappa shape index (κ1) is 19.7. The zero-order valence-corrected chi connectivity index (χ0v) is 16.9. The van der Waals surface area contributed by atoms with Crippen LogP contribution in [0.2, 0.25) is 0 Å². The first-order valence-corrected chi connectivity index (χ1v) is 10.0. The third kappa shape index (κ3) is 4.52. The Hall–Kier alpha value is -3.59. The van der Waals surface area contributed by atoms with Crippen molar-refractivity contribution in [1.82, 2.24) is 25.1 Å². The van der Waals surface area contributed by atoms with Crippen molar-refractivity contribution in [1.29, 1.82) is 0 Å². The van der Waals surface area contributed by atoms with E-state index >= 15 is 0 Å². The zero-order valence-electron chi connectivity index (χ0n) is 16.1. The summed E-state index contributed by atoms with van der Waals surface area (Å²) in [6.07, 6.45) is 3.77. The number of amides is 1. The van der Waals surface area contributed by atoms with E-state index in [4.69, 9.17) is 4.74 Å². The molecule has 30 heavy (non-hydrogen) atoms. The molecule has 0 bridgehead atoms. The summed E-state index contributed by atoms with van der Waals surface area (Å²) in [5.74, 6) is -0.146. The van der Waals surface area contributed by atoms with Crippen molar-refractivity contribution in [2.24, 2.45) is 0 Å². The molecule has 3 heterocycles. The second-order valence-corrected chi connectivity index (χ2v) is 7.35. The molecule has 0 aliphatic rings. The first-order chi connectivity index (χ1) is 14.6. The monoisotopic (exact) mass is 423 g/mol. The Morgan fingerprint density at radius 3 is 2.60 bits per heavy atom. The number of rotatable bonds is 7. The van der Waals surface area contributed by atoms with Crippen LogP contribution in [0, 0.1) is 12.7 Å². The van der Waals surface area contributed by atoms with Gasteiger partial charge in [-0.15, -0.1) is 10.2 Å². The lowest BCUT2D eigenvalue weighted by Crippen LogP contribution is -2.28. The third-order valence-corrected chi connectivity index (χ3v) is 5.40. The van der Waals surface area contributed by atoms with E-state index in [2.05, 4.69) is 20.5 Å². The van der Waals surface area contributed by atoms with Crippen molar-refractivity contribution in [3.05, 3.63) is 77.3 Å². The van der Waals surface area contributed by atoms with E-state index < -0.39 is 0 Å². The molecule has 152 valence electrons. The highest BCUT2D eigenvalue weighted by Crippen LogP contribution is 2.21. The van der Waals surface area contributed by atoms with Crippen LogP contribution in [-0.2, 0) is 0 Å². The first-order valence-electron chi connectivity index (χ1n) is 9.21. The van der Waals surface area contributed by atoms with Gasteiger partial charge in [-0.3, -0.25) is 4.79 Å². The molecular weight excluding hydrogens is 405 g/mol. The molecule has 0 unspecified atom stereocenters. The summed E-state index contributed by atoms with van der Waals surface area (Å²) in [4.78, 5) is 17.4. The molecular formula is C21H18FN5O2S. The van der Waals surface area contributed by atoms with Gasteiger partial charge in [0.25, 0.3) is 5.91 Å². The molecule has 1 N–H and O–H groups in total. The lowest BCUT2D eigenvalue weighted by atomic mass is 10.1. The average Bonchev–Trinajstić information content (AvgIpc) is 3.42. The molecule has 7 nitrogen and oxygen atoms in total. The maximum absolute atomic E-state index is 13.0. The Kier molecular flexibility index (Phi) is 5.80. The number of ether oxygens (including phenoxy) is 1. The molecule has 0 atom stereocenters. The molecule has 0 fully saturated rings. The molecule has 0 aliphatic heterocycles. The van der Waals surface area contributed by atoms with Crippen molar-refractivity contribution < 1.29 is 13.9 Å². The van der Waals surface area contributed by atoms with Crippen molar-refractivity contribution >= 4 is 17.2 Å². The molecule has 9 heteroatoms. The highest BCUT2D eigenvalue weighted by molar-refractivity contribution is 7.16. The molecule has 1 amide bonds. The van der Waals surface area contributed by atoms with Gasteiger partial charge in [0.15, 0.2) is 5.13 Å². The van der Waals surface area contributed by atoms with E-state index in [1.807, 2.05) is 36.0 Å². The lowest BCUT2D eigenvalue weighted by molar-refractivity contribution is 0.0949. The Morgan fingerprint density at radius 2 is 1.90 bits per heavy atom. The van der Waals surface area contributed by atoms with Gasteiger partial charge in [-0.05, 0) is 49.4 Å². The van der Waals surface area contributed by atoms with Gasteiger partial charge < -0.3 is 14.6 Å². The SMILES string of the molecule is Cc1nc(-n2cccc2)sc1C(=O)NCCOc1ccc(-c2ccc(F)cc2)nn1. The van der Waals surface area contributed by atoms with Gasteiger partial charge in [0.1, 0.15) is 17.3 Å². The smallest absolute Gasteiger partial charge is 0.263 e. The summed E-state index contributed by atoms with van der Waals surface area (Å²) < 4.78 is 20.4. The molecule has 1 aromatic carbocycles. The Bertz CT molecular complexity index is 1130. The minimum atomic E-state index is -0.303. The van der Waals surface area contributed by atoms with E-state index in [-0.39, 0.29) is 18.3 Å². The topological polar surface area (TPSA) is 81.9 Å². The van der Waals surface area contributed by atoms with Crippen LogP contribution < -0.4 is 10.1 Å². The Morgan fingerprint density at radius 1 is 1.13 bits per heavy atom. The molecule has 0 radical (unpaired) electrons. The second-order valence-electron chi connectivity index (χ2n) is 6.37. The largest absolute Gasteiger partial charge is 0.475 e. The number of hydrogen-bond donors (Lipinski definition) is 1. The summed E-state index contributed by atoms with van der Waals surface area (Å²) in [6, 6.07) is 13.3. The number of nitrogens with one attached hydrogen (secondary N) is 1. The number of hydrogen-bond acceptors (Lipinski definition) is 6. The second kappa shape index (κ2) is 8.83. The fourth-order valence-electron chi connectivity index (χ4n) is 2.74. The minimum absolute atomic E-state index is 0.190. The summed E-state index contributed by atoms with van der Waals surface area (Å²) in [5.41, 5.74) is 2.07. The number of aryl methyl sites for hydroxylation is 1. The normalized spacial score (nSPS) is 10.7. The van der Waals surface area contributed by atoms with Gasteiger partial charge in [0.05, 0.1) is 17.9 Å². The van der Waals surface area contributed by atoms with Crippen LogP contribution in [0.5, 0.6) is 5.88 Å². The molecule has 0 aliphatic carbocycles. The maximum Gasteiger partial charge on any atom is 0.263 e. The van der Waals surface area contributed by atoms with Gasteiger partial charge >= 0.3 is 0 Å². The number of thiazole rings is 1. The average molecular weight is 423 g/mol. The highest BCUT2D eigenvalue weighted by Gasteiger charge is 2.15. The fraction of sp³-hybridized carbons (Fsp3) is 0.143. The lowest BCUT2D eigenvalue weighted by Gasteiger charge is -2.07. The van der Waals surface area contributed by atoms with Crippen LogP contribution in [0.3, 0.4) is 0 Å². The number of nitrogens with zero attached hydrogens (tertiary/aromatic N) is 4. The van der Waals surface area contributed by atoms with Crippen molar-refractivity contribution in [2.45, 2.75) is 6.92 Å². The predicted octanol–water partition coefficient (Wildman–Crippen LogP) is 3.65. The predicted molar refractivity (Wildman–Crippen MR) is 111 cm³/mol. The van der Waals surface area contributed by atoms with Crippen LogP contribution in [0.15, 0.2) is 60.9 Å². The maximum atomic E-state index is 13.0. The summed E-state index contributed by atoms with van der Waals surface area (Å²) in [7, 11) is 0. The van der Waals surface area contributed by atoms with Gasteiger partial charge in [0.2, 0.25) is 5.88 Å². The van der Waals surface area contributed by atoms with Gasteiger partial charge in [-0.2, -0.15) is 0 Å². The minimum Gasteiger partial charge on any atom is -0.475 e. The summed E-state index contributed by atoms with van der Waals surface area (Å²) in [5, 5.41) is 11.7. The van der Waals surface area contributed by atoms with Crippen molar-refractivity contribution in [2.75, 3.05) is 13.2 Å². The molecule has 3 aromatic heterocycles. The van der Waals surface area contributed by atoms with Crippen LogP contribution >= 0.6 is 11.3 Å². The van der Waals surface area contributed by atoms with Gasteiger partial charge in [-0.1, -0.05) is 11.3 Å². The summed E-state index contributed by atoms with van der Waals surface area (Å²) in [6.45, 7) is 2.38. The number of aromatic nitrogens is 4. The van der Waals surface area contributed by atoms with E-state index in [1.54, 1.807) is 24.3 Å². The molecule has 0 saturated heterocycles. The van der Waals surface area contributed by atoms with Crippen LogP contribution in [0.1, 0.15) is 15.4 Å². The number of halogens is 1. The fourth-order valence-corrected chi connectivity index (χ4v) is 3.69. The van der Waals surface area contributed by atoms with E-state index in [0.29, 0.717) is 28.7 Å². The number of carbonyl (C=O) groups is 1. The molecule has 0 saturated carbocycles. The standard InChI is InChI=1S/C21H18FN5O2S/c1-14-19(30-21(24-14)27-11-2-3-12-27)20(28)23-10-13-29-18-9-8-17(25-26-18)15-4-6-16(22)7-5-15/h2-9,11-12H,10,13H2,1H3,(H,23,28). The van der Waals surface area contributed by atoms with Crippen molar-refractivity contribution in [3.63, 3.8) is 0 Å². The van der Waals surface area contributed by atoms with Gasteiger partial charge in [0, 0.05) is 24.0 Å². The zero-order chi connectivity index (χ0) is 20.9. The molecule has 4 aromatic rings. The van der Waals surface area contributed by atoms with E-state index in [1.165, 1.54) is 23.5 Å². The molecule has 0 spiro atoms. The third-order valence-electron chi connectivity index (χ3n) is 4.23. The van der Waals surface area contributed by atoms with Crippen LogP contribution in [0.25, 0.3) is 16.4 Å². The molecule has 4 rings (SSSR count). The quantitative estimate of drug-likeness (QED) is 0.459. The Balaban J connectivity index is 1.28. The van der Waals surface area contributed by atoms with E-state index in [9.17, 15) is 9.18 Å². The Labute approximate surface area is 176 Å². The van der Waals surface area contributed by atoms with Gasteiger partial charge in [-0.25, -0.2) is 9.37 Å². The highest BCUT2D eigenvalue weighted by atomic mass is 32.1.